The van der Waals surface area contributed by atoms with Crippen LogP contribution < -0.4 is 3.53 Å². The Bertz CT molecular complexity index is 120. The second-order valence-electron chi connectivity index (χ2n) is 2.64. The van der Waals surface area contributed by atoms with Crippen LogP contribution in [-0.2, 0) is 4.74 Å². The van der Waals surface area contributed by atoms with Gasteiger partial charge in [0.25, 0.3) is 0 Å². The van der Waals surface area contributed by atoms with Crippen LogP contribution in [0, 0.1) is 0 Å². The van der Waals surface area contributed by atoms with Crippen molar-refractivity contribution in [1.82, 2.24) is 3.53 Å². The van der Waals surface area contributed by atoms with Crippen LogP contribution in [0.15, 0.2) is 0 Å². The summed E-state index contributed by atoms with van der Waals surface area (Å²) in [7, 11) is 0. The van der Waals surface area contributed by atoms with Gasteiger partial charge in [0.1, 0.15) is 0 Å². The summed E-state index contributed by atoms with van der Waals surface area (Å²) in [4.78, 5) is 10.6. The first-order chi connectivity index (χ1) is 5.81. The third-order valence-corrected chi connectivity index (χ3v) is 2.00. The van der Waals surface area contributed by atoms with Gasteiger partial charge in [-0.3, -0.25) is 3.53 Å². The molecule has 1 amide bonds. The van der Waals surface area contributed by atoms with Crippen LogP contribution in [0.1, 0.15) is 39.0 Å². The molecule has 0 spiro atoms. The highest BCUT2D eigenvalue weighted by molar-refractivity contribution is 14.1. The van der Waals surface area contributed by atoms with E-state index in [9.17, 15) is 4.79 Å². The molecule has 1 N–H and O–H groups in total. The third-order valence-electron chi connectivity index (χ3n) is 1.56. The highest BCUT2D eigenvalue weighted by Crippen LogP contribution is 2.02. The Balaban J connectivity index is 2.95. The van der Waals surface area contributed by atoms with E-state index >= 15 is 0 Å². The molecule has 72 valence electrons. The predicted molar refractivity (Wildman–Crippen MR) is 57.3 cm³/mol. The van der Waals surface area contributed by atoms with E-state index in [-0.39, 0.29) is 6.09 Å². The summed E-state index contributed by atoms with van der Waals surface area (Å²) in [5.41, 5.74) is 0. The molecule has 0 aliphatic heterocycles. The van der Waals surface area contributed by atoms with Gasteiger partial charge in [0.15, 0.2) is 0 Å². The molecule has 0 aromatic rings. The molecule has 0 saturated carbocycles. The Morgan fingerprint density at radius 3 is 2.58 bits per heavy atom. The number of halogens is 1. The van der Waals surface area contributed by atoms with Crippen molar-refractivity contribution in [2.75, 3.05) is 6.61 Å². The predicted octanol–water partition coefficient (Wildman–Crippen LogP) is 3.03. The van der Waals surface area contributed by atoms with Crippen LogP contribution >= 0.6 is 22.9 Å². The average molecular weight is 285 g/mol. The van der Waals surface area contributed by atoms with E-state index in [1.807, 2.05) is 0 Å². The number of unbranched alkanes of at least 4 members (excludes halogenated alkanes) is 4. The summed E-state index contributed by atoms with van der Waals surface area (Å²) in [6.07, 6.45) is 5.55. The van der Waals surface area contributed by atoms with Gasteiger partial charge >= 0.3 is 6.09 Å². The van der Waals surface area contributed by atoms with Gasteiger partial charge in [0.2, 0.25) is 0 Å². The summed E-state index contributed by atoms with van der Waals surface area (Å²) in [5.74, 6) is 0. The molecule has 0 bridgehead atoms. The number of nitrogens with one attached hydrogen (secondary N) is 1. The molecule has 0 aromatic carbocycles. The average Bonchev–Trinajstić information content (AvgIpc) is 2.10. The van der Waals surface area contributed by atoms with Crippen molar-refractivity contribution in [3.63, 3.8) is 0 Å². The van der Waals surface area contributed by atoms with E-state index in [0.717, 1.165) is 12.8 Å². The largest absolute Gasteiger partial charge is 0.449 e. The summed E-state index contributed by atoms with van der Waals surface area (Å²) in [6, 6.07) is 0. The molecule has 3 nitrogen and oxygen atoms in total. The Kier molecular flexibility index (Phi) is 9.09. The molecule has 0 heterocycles. The lowest BCUT2D eigenvalue weighted by Crippen LogP contribution is -2.14. The third kappa shape index (κ3) is 8.10. The topological polar surface area (TPSA) is 38.3 Å². The fourth-order valence-electron chi connectivity index (χ4n) is 0.898. The van der Waals surface area contributed by atoms with Gasteiger partial charge in [-0.25, -0.2) is 4.79 Å². The minimum absolute atomic E-state index is 0.342. The van der Waals surface area contributed by atoms with Gasteiger partial charge in [0, 0.05) is 0 Å². The molecule has 12 heavy (non-hydrogen) atoms. The number of rotatable bonds is 6. The minimum atomic E-state index is -0.342. The minimum Gasteiger partial charge on any atom is -0.449 e. The first-order valence-electron chi connectivity index (χ1n) is 4.34. The number of amides is 1. The van der Waals surface area contributed by atoms with Crippen LogP contribution in [0.25, 0.3) is 0 Å². The van der Waals surface area contributed by atoms with Crippen LogP contribution in [0.4, 0.5) is 4.79 Å². The van der Waals surface area contributed by atoms with Gasteiger partial charge in [0.05, 0.1) is 29.5 Å². The number of carbonyl (C=O) groups is 1. The molecule has 0 aliphatic rings. The second-order valence-corrected chi connectivity index (χ2v) is 3.18. The fourth-order valence-corrected chi connectivity index (χ4v) is 1.05. The zero-order chi connectivity index (χ0) is 9.23. The molecule has 4 heteroatoms. The van der Waals surface area contributed by atoms with Crippen molar-refractivity contribution in [3.05, 3.63) is 0 Å². The fraction of sp³-hybridized carbons (Fsp3) is 0.875. The van der Waals surface area contributed by atoms with Gasteiger partial charge < -0.3 is 4.74 Å². The number of hydrogen-bond donors (Lipinski definition) is 1. The van der Waals surface area contributed by atoms with Gasteiger partial charge in [-0.1, -0.05) is 32.6 Å². The maximum atomic E-state index is 10.6. The molecule has 0 unspecified atom stereocenters. The Morgan fingerprint density at radius 1 is 1.33 bits per heavy atom. The summed E-state index contributed by atoms with van der Waals surface area (Å²) >= 11 is 1.76. The van der Waals surface area contributed by atoms with E-state index in [1.54, 1.807) is 22.9 Å². The van der Waals surface area contributed by atoms with Crippen molar-refractivity contribution in [3.8, 4) is 0 Å². The van der Waals surface area contributed by atoms with Crippen LogP contribution in [0.5, 0.6) is 0 Å². The molecule has 0 atom stereocenters. The zero-order valence-corrected chi connectivity index (χ0v) is 9.59. The zero-order valence-electron chi connectivity index (χ0n) is 7.44. The number of carbonyl (C=O) groups excluding carboxylic acids is 1. The van der Waals surface area contributed by atoms with E-state index in [1.165, 1.54) is 19.3 Å². The lowest BCUT2D eigenvalue weighted by Gasteiger charge is -2.01. The quantitative estimate of drug-likeness (QED) is 0.463. The highest BCUT2D eigenvalue weighted by atomic mass is 127. The molecule has 0 fully saturated rings. The van der Waals surface area contributed by atoms with Crippen molar-refractivity contribution in [2.24, 2.45) is 0 Å². The summed E-state index contributed by atoms with van der Waals surface area (Å²) in [6.45, 7) is 2.72. The highest BCUT2D eigenvalue weighted by Gasteiger charge is 1.96. The maximum Gasteiger partial charge on any atom is 0.415 e. The first kappa shape index (κ1) is 12.0. The normalized spacial score (nSPS) is 9.50. The van der Waals surface area contributed by atoms with Crippen LogP contribution in [0.3, 0.4) is 0 Å². The van der Waals surface area contributed by atoms with Crippen molar-refractivity contribution >= 4 is 29.0 Å². The molecule has 0 saturated heterocycles. The van der Waals surface area contributed by atoms with Gasteiger partial charge in [-0.05, 0) is 6.42 Å². The van der Waals surface area contributed by atoms with E-state index in [4.69, 9.17) is 4.74 Å². The summed E-state index contributed by atoms with van der Waals surface area (Å²) in [5, 5.41) is 0. The number of hydrogen-bond acceptors (Lipinski definition) is 2. The molecular weight excluding hydrogens is 269 g/mol. The van der Waals surface area contributed by atoms with E-state index in [2.05, 4.69) is 10.5 Å². The van der Waals surface area contributed by atoms with Crippen LogP contribution in [-0.4, -0.2) is 12.7 Å². The second kappa shape index (κ2) is 9.09. The first-order valence-corrected chi connectivity index (χ1v) is 5.42. The van der Waals surface area contributed by atoms with Gasteiger partial charge in [-0.2, -0.15) is 0 Å². The molecule has 0 rings (SSSR count). The Morgan fingerprint density at radius 2 is 2.00 bits per heavy atom. The van der Waals surface area contributed by atoms with Gasteiger partial charge in [-0.15, -0.1) is 0 Å². The number of ether oxygens (including phenoxy) is 1. The monoisotopic (exact) mass is 285 g/mol. The smallest absolute Gasteiger partial charge is 0.415 e. The standard InChI is InChI=1S/C8H16INO2/c1-2-3-4-5-6-7-12-8(11)10-9/h2-7H2,1H3,(H,10,11). The molecule has 0 aromatic heterocycles. The lowest BCUT2D eigenvalue weighted by atomic mass is 10.2. The Labute approximate surface area is 87.7 Å². The van der Waals surface area contributed by atoms with Crippen LogP contribution in [0.2, 0.25) is 0 Å². The summed E-state index contributed by atoms with van der Waals surface area (Å²) < 4.78 is 7.19. The van der Waals surface area contributed by atoms with E-state index < -0.39 is 0 Å². The molecule has 0 radical (unpaired) electrons. The van der Waals surface area contributed by atoms with Crippen molar-refractivity contribution in [2.45, 2.75) is 39.0 Å². The van der Waals surface area contributed by atoms with Crippen molar-refractivity contribution < 1.29 is 9.53 Å². The SMILES string of the molecule is CCCCCCCOC(=O)NI. The lowest BCUT2D eigenvalue weighted by molar-refractivity contribution is 0.152. The van der Waals surface area contributed by atoms with E-state index in [0.29, 0.717) is 6.61 Å². The maximum absolute atomic E-state index is 10.6. The molecular formula is C8H16INO2. The van der Waals surface area contributed by atoms with Crippen molar-refractivity contribution in [1.29, 1.82) is 0 Å². The Hall–Kier alpha value is 0. The molecule has 0 aliphatic carbocycles.